The van der Waals surface area contributed by atoms with E-state index in [1.54, 1.807) is 48.5 Å². The van der Waals surface area contributed by atoms with Gasteiger partial charge in [-0.25, -0.2) is 0 Å². The first-order valence-electron chi connectivity index (χ1n) is 5.49. The molecule has 0 bridgehead atoms. The number of nitrogens with zero attached hydrogens (tertiary/aromatic N) is 4. The van der Waals surface area contributed by atoms with Crippen molar-refractivity contribution in [3.05, 3.63) is 59.7 Å². The molecule has 0 amide bonds. The Labute approximate surface area is 110 Å². The molecular formula is C14H9N5. The molecule has 0 saturated carbocycles. The average molecular weight is 247 g/mol. The lowest BCUT2D eigenvalue weighted by molar-refractivity contribution is 1.13. The predicted octanol–water partition coefficient (Wildman–Crippen LogP) is 3.54. The molecule has 5 heteroatoms. The first-order chi connectivity index (χ1) is 9.31. The molecule has 1 N–H and O–H groups in total. The molecule has 0 aromatic heterocycles. The zero-order chi connectivity index (χ0) is 13.5. The van der Waals surface area contributed by atoms with E-state index < -0.39 is 0 Å². The Bertz CT molecular complexity index is 691. The van der Waals surface area contributed by atoms with Crippen LogP contribution < -0.4 is 5.43 Å². The summed E-state index contributed by atoms with van der Waals surface area (Å²) in [5.41, 5.74) is 5.07. The molecule has 90 valence electrons. The Balaban J connectivity index is 2.07. The third-order valence-electron chi connectivity index (χ3n) is 2.31. The normalized spacial score (nSPS) is 9.79. The molecule has 0 aliphatic carbocycles. The maximum Gasteiger partial charge on any atom is 0.0992 e. The summed E-state index contributed by atoms with van der Waals surface area (Å²) in [6.45, 7) is 0. The Morgan fingerprint density at radius 1 is 0.895 bits per heavy atom. The first kappa shape index (κ1) is 12.3. The van der Waals surface area contributed by atoms with Gasteiger partial charge in [-0.05, 0) is 36.4 Å². The number of benzene rings is 2. The van der Waals surface area contributed by atoms with Crippen LogP contribution in [0.3, 0.4) is 0 Å². The SMILES string of the molecule is N#Cc1cccc(N=NNc2cccc(C#N)c2)c1. The second-order valence-electron chi connectivity index (χ2n) is 3.67. The van der Waals surface area contributed by atoms with Gasteiger partial charge in [0, 0.05) is 0 Å². The highest BCUT2D eigenvalue weighted by atomic mass is 15.4. The molecule has 0 heterocycles. The van der Waals surface area contributed by atoms with Gasteiger partial charge in [-0.1, -0.05) is 17.4 Å². The highest BCUT2D eigenvalue weighted by Gasteiger charge is 1.94. The lowest BCUT2D eigenvalue weighted by atomic mass is 10.2. The van der Waals surface area contributed by atoms with Crippen molar-refractivity contribution >= 4 is 11.4 Å². The van der Waals surface area contributed by atoms with Crippen LogP contribution in [0.5, 0.6) is 0 Å². The summed E-state index contributed by atoms with van der Waals surface area (Å²) in [4.78, 5) is 0. The van der Waals surface area contributed by atoms with Crippen molar-refractivity contribution in [1.29, 1.82) is 10.5 Å². The van der Waals surface area contributed by atoms with E-state index in [-0.39, 0.29) is 0 Å². The minimum Gasteiger partial charge on any atom is -0.260 e. The molecule has 0 fully saturated rings. The fraction of sp³-hybridized carbons (Fsp3) is 0. The molecule has 2 aromatic carbocycles. The number of nitrogens with one attached hydrogen (secondary N) is 1. The topological polar surface area (TPSA) is 84.3 Å². The van der Waals surface area contributed by atoms with E-state index in [1.165, 1.54) is 0 Å². The standard InChI is InChI=1S/C14H9N5/c15-9-11-3-1-5-13(7-11)17-19-18-14-6-2-4-12(8-14)10-16/h1-8H,(H,17,18). The molecule has 0 aliphatic heterocycles. The Morgan fingerprint density at radius 3 is 2.32 bits per heavy atom. The van der Waals surface area contributed by atoms with Crippen LogP contribution in [0, 0.1) is 22.7 Å². The molecule has 0 saturated heterocycles. The van der Waals surface area contributed by atoms with Crippen LogP contribution in [0.1, 0.15) is 11.1 Å². The highest BCUT2D eigenvalue weighted by molar-refractivity contribution is 5.49. The zero-order valence-corrected chi connectivity index (χ0v) is 9.91. The van der Waals surface area contributed by atoms with Gasteiger partial charge in [0.25, 0.3) is 0 Å². The smallest absolute Gasteiger partial charge is 0.0992 e. The van der Waals surface area contributed by atoms with Crippen molar-refractivity contribution < 1.29 is 0 Å². The van der Waals surface area contributed by atoms with Gasteiger partial charge in [0.1, 0.15) is 0 Å². The van der Waals surface area contributed by atoms with Crippen LogP contribution in [0.15, 0.2) is 58.9 Å². The fourth-order valence-electron chi connectivity index (χ4n) is 1.44. The van der Waals surface area contributed by atoms with Crippen LogP contribution in [0.2, 0.25) is 0 Å². The van der Waals surface area contributed by atoms with Crippen LogP contribution in [-0.4, -0.2) is 0 Å². The first-order valence-corrected chi connectivity index (χ1v) is 5.49. The summed E-state index contributed by atoms with van der Waals surface area (Å²) in [6, 6.07) is 17.8. The summed E-state index contributed by atoms with van der Waals surface area (Å²) in [5.74, 6) is 0. The van der Waals surface area contributed by atoms with Crippen molar-refractivity contribution in [2.75, 3.05) is 5.43 Å². The fourth-order valence-corrected chi connectivity index (χ4v) is 1.44. The minimum atomic E-state index is 0.530. The van der Waals surface area contributed by atoms with E-state index in [0.717, 1.165) is 0 Å². The molecular weight excluding hydrogens is 238 g/mol. The summed E-state index contributed by atoms with van der Waals surface area (Å²) in [7, 11) is 0. The van der Waals surface area contributed by atoms with E-state index >= 15 is 0 Å². The quantitative estimate of drug-likeness (QED) is 0.664. The van der Waals surface area contributed by atoms with Crippen molar-refractivity contribution in [3.8, 4) is 12.1 Å². The Kier molecular flexibility index (Phi) is 3.84. The molecule has 0 aliphatic rings. The van der Waals surface area contributed by atoms with Gasteiger partial charge in [-0.3, -0.25) is 5.43 Å². The summed E-state index contributed by atoms with van der Waals surface area (Å²) >= 11 is 0. The van der Waals surface area contributed by atoms with Gasteiger partial charge in [0.15, 0.2) is 0 Å². The molecule has 2 aromatic rings. The molecule has 0 atom stereocenters. The van der Waals surface area contributed by atoms with Gasteiger partial charge >= 0.3 is 0 Å². The van der Waals surface area contributed by atoms with Crippen LogP contribution in [0.25, 0.3) is 0 Å². The summed E-state index contributed by atoms with van der Waals surface area (Å²) < 4.78 is 0. The van der Waals surface area contributed by atoms with Gasteiger partial charge in [-0.15, -0.1) is 5.11 Å². The third kappa shape index (κ3) is 3.39. The highest BCUT2D eigenvalue weighted by Crippen LogP contribution is 2.15. The predicted molar refractivity (Wildman–Crippen MR) is 70.5 cm³/mol. The number of hydrogen-bond acceptors (Lipinski definition) is 4. The van der Waals surface area contributed by atoms with E-state index in [4.69, 9.17) is 10.5 Å². The van der Waals surface area contributed by atoms with Crippen LogP contribution in [-0.2, 0) is 0 Å². The maximum absolute atomic E-state index is 8.76. The van der Waals surface area contributed by atoms with E-state index in [1.807, 2.05) is 12.1 Å². The number of nitriles is 2. The molecule has 0 spiro atoms. The molecule has 19 heavy (non-hydrogen) atoms. The van der Waals surface area contributed by atoms with Crippen molar-refractivity contribution in [3.63, 3.8) is 0 Å². The van der Waals surface area contributed by atoms with E-state index in [0.29, 0.717) is 22.5 Å². The van der Waals surface area contributed by atoms with Crippen LogP contribution >= 0.6 is 0 Å². The molecule has 2 rings (SSSR count). The Hall–Kier alpha value is -3.18. The lowest BCUT2D eigenvalue weighted by Crippen LogP contribution is -1.86. The lowest BCUT2D eigenvalue weighted by Gasteiger charge is -1.98. The third-order valence-corrected chi connectivity index (χ3v) is 2.31. The summed E-state index contributed by atoms with van der Waals surface area (Å²) in [5, 5.41) is 25.3. The minimum absolute atomic E-state index is 0.530. The van der Waals surface area contributed by atoms with Gasteiger partial charge in [0.05, 0.1) is 34.6 Å². The second-order valence-corrected chi connectivity index (χ2v) is 3.67. The van der Waals surface area contributed by atoms with Crippen molar-refractivity contribution in [2.24, 2.45) is 10.3 Å². The number of rotatable bonds is 3. The van der Waals surface area contributed by atoms with E-state index in [2.05, 4.69) is 15.8 Å². The maximum atomic E-state index is 8.76. The average Bonchev–Trinajstić information content (AvgIpc) is 2.48. The summed E-state index contributed by atoms with van der Waals surface area (Å²) in [6.07, 6.45) is 0. The van der Waals surface area contributed by atoms with Crippen LogP contribution in [0.4, 0.5) is 11.4 Å². The Morgan fingerprint density at radius 2 is 1.58 bits per heavy atom. The zero-order valence-electron chi connectivity index (χ0n) is 9.91. The van der Waals surface area contributed by atoms with Crippen molar-refractivity contribution in [1.82, 2.24) is 0 Å². The van der Waals surface area contributed by atoms with Gasteiger partial charge in [-0.2, -0.15) is 10.5 Å². The van der Waals surface area contributed by atoms with Gasteiger partial charge in [0.2, 0.25) is 0 Å². The molecule has 5 nitrogen and oxygen atoms in total. The van der Waals surface area contributed by atoms with Crippen molar-refractivity contribution in [2.45, 2.75) is 0 Å². The molecule has 0 radical (unpaired) electrons. The number of hydrogen-bond donors (Lipinski definition) is 1. The monoisotopic (exact) mass is 247 g/mol. The second kappa shape index (κ2) is 5.95. The van der Waals surface area contributed by atoms with E-state index in [9.17, 15) is 0 Å². The van der Waals surface area contributed by atoms with Gasteiger partial charge < -0.3 is 0 Å². The largest absolute Gasteiger partial charge is 0.260 e. The number of anilines is 1. The molecule has 0 unspecified atom stereocenters.